The van der Waals surface area contributed by atoms with Crippen LogP contribution in [0.25, 0.3) is 0 Å². The highest BCUT2D eigenvalue weighted by atomic mass is 16.6. The molecule has 0 aromatic heterocycles. The SMILES string of the molecule is CCCC(C)OC(=O)N(C)C1CC1. The summed E-state index contributed by atoms with van der Waals surface area (Å²) < 4.78 is 5.24. The van der Waals surface area contributed by atoms with Crippen molar-refractivity contribution in [3.63, 3.8) is 0 Å². The van der Waals surface area contributed by atoms with Gasteiger partial charge in [-0.2, -0.15) is 0 Å². The van der Waals surface area contributed by atoms with Crippen LogP contribution < -0.4 is 0 Å². The molecule has 0 aromatic rings. The average molecular weight is 185 g/mol. The molecule has 0 N–H and O–H groups in total. The highest BCUT2D eigenvalue weighted by Crippen LogP contribution is 2.26. The summed E-state index contributed by atoms with van der Waals surface area (Å²) in [5, 5.41) is 0. The van der Waals surface area contributed by atoms with E-state index in [1.165, 1.54) is 0 Å². The molecule has 1 fully saturated rings. The van der Waals surface area contributed by atoms with Gasteiger partial charge in [-0.25, -0.2) is 4.79 Å². The first-order valence-corrected chi connectivity index (χ1v) is 5.08. The number of carbonyl (C=O) groups excluding carboxylic acids is 1. The van der Waals surface area contributed by atoms with Gasteiger partial charge in [0, 0.05) is 13.1 Å². The molecule has 1 aliphatic carbocycles. The van der Waals surface area contributed by atoms with Crippen LogP contribution in [0.1, 0.15) is 39.5 Å². The monoisotopic (exact) mass is 185 g/mol. The molecule has 1 saturated carbocycles. The third-order valence-electron chi connectivity index (χ3n) is 2.38. The lowest BCUT2D eigenvalue weighted by molar-refractivity contribution is 0.0711. The van der Waals surface area contributed by atoms with Gasteiger partial charge in [0.1, 0.15) is 6.10 Å². The lowest BCUT2D eigenvalue weighted by atomic mass is 10.2. The second-order valence-electron chi connectivity index (χ2n) is 3.83. The molecule has 3 heteroatoms. The summed E-state index contributed by atoms with van der Waals surface area (Å²) in [4.78, 5) is 13.1. The largest absolute Gasteiger partial charge is 0.446 e. The highest BCUT2D eigenvalue weighted by Gasteiger charge is 2.30. The predicted octanol–water partition coefficient (Wildman–Crippen LogP) is 2.41. The van der Waals surface area contributed by atoms with Crippen molar-refractivity contribution in [2.24, 2.45) is 0 Å². The minimum atomic E-state index is -0.163. The van der Waals surface area contributed by atoms with Crippen molar-refractivity contribution >= 4 is 6.09 Å². The Morgan fingerprint density at radius 3 is 2.69 bits per heavy atom. The number of hydrogen-bond donors (Lipinski definition) is 0. The highest BCUT2D eigenvalue weighted by molar-refractivity contribution is 5.68. The Morgan fingerprint density at radius 2 is 2.23 bits per heavy atom. The predicted molar refractivity (Wildman–Crippen MR) is 51.6 cm³/mol. The maximum atomic E-state index is 11.4. The van der Waals surface area contributed by atoms with Crippen LogP contribution in [0.15, 0.2) is 0 Å². The third-order valence-corrected chi connectivity index (χ3v) is 2.38. The maximum Gasteiger partial charge on any atom is 0.410 e. The summed E-state index contributed by atoms with van der Waals surface area (Å²) in [5.41, 5.74) is 0. The first-order valence-electron chi connectivity index (χ1n) is 5.08. The number of amides is 1. The molecular weight excluding hydrogens is 166 g/mol. The summed E-state index contributed by atoms with van der Waals surface area (Å²) in [7, 11) is 1.82. The van der Waals surface area contributed by atoms with E-state index in [2.05, 4.69) is 6.92 Å². The molecule has 1 atom stereocenters. The number of ether oxygens (including phenoxy) is 1. The fourth-order valence-corrected chi connectivity index (χ4v) is 1.33. The van der Waals surface area contributed by atoms with Crippen LogP contribution in [0.2, 0.25) is 0 Å². The van der Waals surface area contributed by atoms with E-state index in [1.54, 1.807) is 4.90 Å². The zero-order valence-electron chi connectivity index (χ0n) is 8.75. The molecule has 76 valence electrons. The van der Waals surface area contributed by atoms with Crippen molar-refractivity contribution in [2.45, 2.75) is 51.7 Å². The molecule has 0 spiro atoms. The smallest absolute Gasteiger partial charge is 0.410 e. The fraction of sp³-hybridized carbons (Fsp3) is 0.900. The molecule has 0 aliphatic heterocycles. The third kappa shape index (κ3) is 3.25. The van der Waals surface area contributed by atoms with Crippen LogP contribution in [-0.4, -0.2) is 30.2 Å². The Bertz CT molecular complexity index is 178. The molecule has 1 amide bonds. The molecule has 0 aromatic carbocycles. The van der Waals surface area contributed by atoms with Crippen molar-refractivity contribution < 1.29 is 9.53 Å². The second kappa shape index (κ2) is 4.49. The van der Waals surface area contributed by atoms with E-state index >= 15 is 0 Å². The van der Waals surface area contributed by atoms with Crippen molar-refractivity contribution in [3.05, 3.63) is 0 Å². The van der Waals surface area contributed by atoms with Gasteiger partial charge >= 0.3 is 6.09 Å². The van der Waals surface area contributed by atoms with Crippen LogP contribution in [0, 0.1) is 0 Å². The fourth-order valence-electron chi connectivity index (χ4n) is 1.33. The van der Waals surface area contributed by atoms with Crippen molar-refractivity contribution in [2.75, 3.05) is 7.05 Å². The minimum Gasteiger partial charge on any atom is -0.446 e. The summed E-state index contributed by atoms with van der Waals surface area (Å²) in [6.45, 7) is 4.04. The number of nitrogens with zero attached hydrogens (tertiary/aromatic N) is 1. The quantitative estimate of drug-likeness (QED) is 0.673. The van der Waals surface area contributed by atoms with E-state index in [-0.39, 0.29) is 12.2 Å². The maximum absolute atomic E-state index is 11.4. The molecule has 1 aliphatic rings. The van der Waals surface area contributed by atoms with E-state index in [9.17, 15) is 4.79 Å². The topological polar surface area (TPSA) is 29.5 Å². The van der Waals surface area contributed by atoms with Crippen molar-refractivity contribution in [1.82, 2.24) is 4.90 Å². The van der Waals surface area contributed by atoms with Gasteiger partial charge in [0.15, 0.2) is 0 Å². The zero-order valence-corrected chi connectivity index (χ0v) is 8.75. The van der Waals surface area contributed by atoms with Gasteiger partial charge in [-0.05, 0) is 26.2 Å². The van der Waals surface area contributed by atoms with Crippen LogP contribution >= 0.6 is 0 Å². The van der Waals surface area contributed by atoms with E-state index in [0.29, 0.717) is 6.04 Å². The molecular formula is C10H19NO2. The molecule has 3 nitrogen and oxygen atoms in total. The zero-order chi connectivity index (χ0) is 9.84. The number of carbonyl (C=O) groups is 1. The molecule has 0 heterocycles. The Morgan fingerprint density at radius 1 is 1.62 bits per heavy atom. The summed E-state index contributed by atoms with van der Waals surface area (Å²) in [5.74, 6) is 0. The van der Waals surface area contributed by atoms with E-state index in [1.807, 2.05) is 14.0 Å². The van der Waals surface area contributed by atoms with Gasteiger partial charge in [0.25, 0.3) is 0 Å². The Hall–Kier alpha value is -0.730. The van der Waals surface area contributed by atoms with E-state index < -0.39 is 0 Å². The van der Waals surface area contributed by atoms with Crippen LogP contribution in [0.4, 0.5) is 4.79 Å². The Kier molecular flexibility index (Phi) is 3.58. The average Bonchev–Trinajstić information content (AvgIpc) is 2.85. The van der Waals surface area contributed by atoms with Crippen LogP contribution in [-0.2, 0) is 4.74 Å². The molecule has 0 bridgehead atoms. The van der Waals surface area contributed by atoms with Gasteiger partial charge in [0.05, 0.1) is 0 Å². The Labute approximate surface area is 80.1 Å². The molecule has 1 rings (SSSR count). The normalized spacial score (nSPS) is 18.1. The van der Waals surface area contributed by atoms with Crippen LogP contribution in [0.5, 0.6) is 0 Å². The molecule has 0 saturated heterocycles. The standard InChI is InChI=1S/C10H19NO2/c1-4-5-8(2)13-10(12)11(3)9-6-7-9/h8-9H,4-7H2,1-3H3. The van der Waals surface area contributed by atoms with Crippen molar-refractivity contribution in [1.29, 1.82) is 0 Å². The summed E-state index contributed by atoms with van der Waals surface area (Å²) >= 11 is 0. The first-order chi connectivity index (χ1) is 6.15. The van der Waals surface area contributed by atoms with E-state index in [4.69, 9.17) is 4.74 Å². The number of rotatable bonds is 4. The van der Waals surface area contributed by atoms with E-state index in [0.717, 1.165) is 25.7 Å². The lowest BCUT2D eigenvalue weighted by Gasteiger charge is -2.19. The van der Waals surface area contributed by atoms with Crippen LogP contribution in [0.3, 0.4) is 0 Å². The molecule has 13 heavy (non-hydrogen) atoms. The molecule has 0 radical (unpaired) electrons. The minimum absolute atomic E-state index is 0.0544. The van der Waals surface area contributed by atoms with Gasteiger partial charge in [-0.3, -0.25) is 0 Å². The summed E-state index contributed by atoms with van der Waals surface area (Å²) in [6, 6.07) is 0.446. The second-order valence-corrected chi connectivity index (χ2v) is 3.83. The summed E-state index contributed by atoms with van der Waals surface area (Å²) in [6.07, 6.45) is 4.16. The van der Waals surface area contributed by atoms with Crippen molar-refractivity contribution in [3.8, 4) is 0 Å². The van der Waals surface area contributed by atoms with Gasteiger partial charge in [0.2, 0.25) is 0 Å². The number of hydrogen-bond acceptors (Lipinski definition) is 2. The van der Waals surface area contributed by atoms with Gasteiger partial charge < -0.3 is 9.64 Å². The van der Waals surface area contributed by atoms with Gasteiger partial charge in [-0.1, -0.05) is 13.3 Å². The molecule has 1 unspecified atom stereocenters. The first kappa shape index (κ1) is 10.4. The van der Waals surface area contributed by atoms with Gasteiger partial charge in [-0.15, -0.1) is 0 Å². The Balaban J connectivity index is 2.22. The lowest BCUT2D eigenvalue weighted by Crippen LogP contribution is -2.31.